The lowest BCUT2D eigenvalue weighted by Gasteiger charge is -2.27. The molecule has 166 valence electrons. The lowest BCUT2D eigenvalue weighted by molar-refractivity contribution is 0.104. The summed E-state index contributed by atoms with van der Waals surface area (Å²) in [6, 6.07) is 12.9. The van der Waals surface area contributed by atoms with Gasteiger partial charge in [-0.05, 0) is 47.5 Å². The van der Waals surface area contributed by atoms with Crippen molar-refractivity contribution >= 4 is 40.1 Å². The summed E-state index contributed by atoms with van der Waals surface area (Å²) in [4.78, 5) is 17.4. The van der Waals surface area contributed by atoms with E-state index in [0.29, 0.717) is 34.7 Å². The molecule has 1 unspecified atom stereocenters. The second-order valence-corrected chi connectivity index (χ2v) is 9.07. The molecule has 1 aliphatic heterocycles. The summed E-state index contributed by atoms with van der Waals surface area (Å²) < 4.78 is 32.9. The number of pyridine rings is 1. The minimum atomic E-state index is -1.71. The molecule has 0 N–H and O–H groups in total. The monoisotopic (exact) mass is 480 g/mol. The van der Waals surface area contributed by atoms with Crippen molar-refractivity contribution in [2.75, 3.05) is 18.5 Å². The van der Waals surface area contributed by atoms with Crippen molar-refractivity contribution in [3.8, 4) is 17.7 Å². The summed E-state index contributed by atoms with van der Waals surface area (Å²) >= 11 is 5.84. The van der Waals surface area contributed by atoms with Crippen LogP contribution in [0.25, 0.3) is 6.08 Å². The van der Waals surface area contributed by atoms with Crippen LogP contribution >= 0.6 is 11.6 Å². The van der Waals surface area contributed by atoms with Gasteiger partial charge in [-0.2, -0.15) is 0 Å². The van der Waals surface area contributed by atoms with Gasteiger partial charge in [0.2, 0.25) is 11.7 Å². The van der Waals surface area contributed by atoms with Crippen LogP contribution in [-0.4, -0.2) is 29.1 Å². The van der Waals surface area contributed by atoms with Crippen LogP contribution in [0, 0.1) is 17.7 Å². The van der Waals surface area contributed by atoms with E-state index in [2.05, 4.69) is 16.8 Å². The molecule has 3 aromatic rings. The Kier molecular flexibility index (Phi) is 6.59. The van der Waals surface area contributed by atoms with Crippen LogP contribution in [0.4, 0.5) is 10.1 Å². The molecule has 1 aromatic heterocycles. The topological polar surface area (TPSA) is 59.5 Å². The third-order valence-corrected chi connectivity index (χ3v) is 6.68. The Labute approximate surface area is 198 Å². The molecule has 33 heavy (non-hydrogen) atoms. The van der Waals surface area contributed by atoms with Crippen LogP contribution in [0.1, 0.15) is 27.0 Å². The Morgan fingerprint density at radius 2 is 2.03 bits per heavy atom. The number of halogens is 2. The summed E-state index contributed by atoms with van der Waals surface area (Å²) in [6.07, 6.45) is 3.66. The molecular formula is C25H18ClFN2O3S. The third kappa shape index (κ3) is 4.82. The first-order valence-electron chi connectivity index (χ1n) is 9.86. The summed E-state index contributed by atoms with van der Waals surface area (Å²) in [5.74, 6) is 5.74. The lowest BCUT2D eigenvalue weighted by Crippen LogP contribution is -2.31. The number of hydrogen-bond acceptors (Lipinski definition) is 4. The SMILES string of the molecule is COc1ccc(CC#Cc2ccc3c(c2)C(=O)/C(=C\c2ccc(F)c(Cl)c2)S(=O)N3C)cn1. The molecule has 5 nitrogen and oxygen atoms in total. The molecule has 0 bridgehead atoms. The molecule has 2 heterocycles. The smallest absolute Gasteiger partial charge is 0.212 e. The van der Waals surface area contributed by atoms with Crippen LogP contribution in [-0.2, 0) is 17.4 Å². The quantitative estimate of drug-likeness (QED) is 0.398. The molecule has 0 aliphatic carbocycles. The number of hydrogen-bond donors (Lipinski definition) is 0. The highest BCUT2D eigenvalue weighted by molar-refractivity contribution is 7.91. The van der Waals surface area contributed by atoms with E-state index >= 15 is 0 Å². The van der Waals surface area contributed by atoms with Gasteiger partial charge in [0.1, 0.15) is 10.7 Å². The molecule has 0 saturated carbocycles. The average molecular weight is 481 g/mol. The van der Waals surface area contributed by atoms with Gasteiger partial charge in [-0.25, -0.2) is 13.6 Å². The fraction of sp³-hybridized carbons (Fsp3) is 0.120. The Hall–Kier alpha value is -3.47. The number of methoxy groups -OCH3 is 1. The second-order valence-electron chi connectivity index (χ2n) is 7.18. The number of rotatable bonds is 3. The van der Waals surface area contributed by atoms with Crippen molar-refractivity contribution in [1.82, 2.24) is 4.98 Å². The predicted octanol–water partition coefficient (Wildman–Crippen LogP) is 4.81. The van der Waals surface area contributed by atoms with Gasteiger partial charge in [-0.1, -0.05) is 35.6 Å². The Morgan fingerprint density at radius 3 is 2.73 bits per heavy atom. The third-order valence-electron chi connectivity index (χ3n) is 5.01. The zero-order valence-electron chi connectivity index (χ0n) is 17.8. The maximum absolute atomic E-state index is 13.5. The molecule has 8 heteroatoms. The normalized spacial score (nSPS) is 16.2. The average Bonchev–Trinajstić information content (AvgIpc) is 2.83. The number of allylic oxidation sites excluding steroid dienone is 1. The molecular weight excluding hydrogens is 463 g/mol. The highest BCUT2D eigenvalue weighted by Crippen LogP contribution is 2.33. The number of carbonyl (C=O) groups is 1. The maximum Gasteiger partial charge on any atom is 0.212 e. The minimum absolute atomic E-state index is 0.0724. The van der Waals surface area contributed by atoms with E-state index in [0.717, 1.165) is 5.56 Å². The Morgan fingerprint density at radius 1 is 1.21 bits per heavy atom. The van der Waals surface area contributed by atoms with Crippen molar-refractivity contribution in [2.24, 2.45) is 0 Å². The van der Waals surface area contributed by atoms with Gasteiger partial charge in [0.15, 0.2) is 11.0 Å². The minimum Gasteiger partial charge on any atom is -0.481 e. The highest BCUT2D eigenvalue weighted by Gasteiger charge is 2.32. The van der Waals surface area contributed by atoms with Gasteiger partial charge in [-0.15, -0.1) is 0 Å². The second kappa shape index (κ2) is 9.57. The number of ether oxygens (including phenoxy) is 1. The number of aromatic nitrogens is 1. The van der Waals surface area contributed by atoms with Crippen molar-refractivity contribution in [3.05, 3.63) is 92.7 Å². The van der Waals surface area contributed by atoms with E-state index in [1.807, 2.05) is 6.07 Å². The van der Waals surface area contributed by atoms with Crippen LogP contribution in [0.2, 0.25) is 5.02 Å². The van der Waals surface area contributed by atoms with Crippen LogP contribution in [0.5, 0.6) is 5.88 Å². The van der Waals surface area contributed by atoms with Crippen molar-refractivity contribution < 1.29 is 18.1 Å². The first-order valence-corrected chi connectivity index (χ1v) is 11.3. The zero-order valence-corrected chi connectivity index (χ0v) is 19.3. The largest absolute Gasteiger partial charge is 0.481 e. The Bertz CT molecular complexity index is 1360. The van der Waals surface area contributed by atoms with E-state index in [-0.39, 0.29) is 15.7 Å². The number of nitrogens with zero attached hydrogens (tertiary/aromatic N) is 2. The zero-order chi connectivity index (χ0) is 23.5. The van der Waals surface area contributed by atoms with E-state index < -0.39 is 16.8 Å². The van der Waals surface area contributed by atoms with Gasteiger partial charge in [0.25, 0.3) is 0 Å². The molecule has 4 rings (SSSR count). The van der Waals surface area contributed by atoms with Crippen molar-refractivity contribution in [1.29, 1.82) is 0 Å². The number of carbonyl (C=O) groups excluding carboxylic acids is 1. The lowest BCUT2D eigenvalue weighted by atomic mass is 10.0. The van der Waals surface area contributed by atoms with E-state index in [1.165, 1.54) is 28.6 Å². The Balaban J connectivity index is 1.62. The first-order chi connectivity index (χ1) is 15.9. The molecule has 0 amide bonds. The molecule has 1 atom stereocenters. The molecule has 0 fully saturated rings. The number of fused-ring (bicyclic) bond motifs is 1. The fourth-order valence-corrected chi connectivity index (χ4v) is 4.60. The molecule has 2 aromatic carbocycles. The van der Waals surface area contributed by atoms with E-state index in [4.69, 9.17) is 16.3 Å². The molecule has 1 aliphatic rings. The van der Waals surface area contributed by atoms with Gasteiger partial charge < -0.3 is 4.74 Å². The van der Waals surface area contributed by atoms with Crippen molar-refractivity contribution in [3.63, 3.8) is 0 Å². The standard InChI is InChI=1S/C25H18ClFN2O3S/c1-29-22-10-7-16(4-3-5-17-8-11-24(32-2)28-15-17)12-19(22)25(30)23(33(29)31)14-18-6-9-21(27)20(26)13-18/h6-15H,5H2,1-2H3/b23-14+. The van der Waals surface area contributed by atoms with Gasteiger partial charge in [0.05, 0.1) is 17.8 Å². The molecule has 0 saturated heterocycles. The van der Waals surface area contributed by atoms with Crippen LogP contribution in [0.3, 0.4) is 0 Å². The summed E-state index contributed by atoms with van der Waals surface area (Å²) in [5, 5.41) is -0.0724. The number of Topliss-reactive ketones (excluding diaryl/α,β-unsaturated/α-hetero) is 1. The fourth-order valence-electron chi connectivity index (χ4n) is 3.27. The number of benzene rings is 2. The molecule has 0 radical (unpaired) electrons. The highest BCUT2D eigenvalue weighted by atomic mass is 35.5. The van der Waals surface area contributed by atoms with Gasteiger partial charge in [0, 0.05) is 36.9 Å². The summed E-state index contributed by atoms with van der Waals surface area (Å²) in [6.45, 7) is 0. The summed E-state index contributed by atoms with van der Waals surface area (Å²) in [5.41, 5.74) is 3.04. The predicted molar refractivity (Wildman–Crippen MR) is 128 cm³/mol. The van der Waals surface area contributed by atoms with E-state index in [9.17, 15) is 13.4 Å². The van der Waals surface area contributed by atoms with E-state index in [1.54, 1.807) is 44.6 Å². The van der Waals surface area contributed by atoms with Gasteiger partial charge in [-0.3, -0.25) is 9.10 Å². The van der Waals surface area contributed by atoms with Crippen LogP contribution in [0.15, 0.2) is 59.6 Å². The first kappa shape index (κ1) is 22.7. The maximum atomic E-state index is 13.5. The molecule has 0 spiro atoms. The number of ketones is 1. The summed E-state index contributed by atoms with van der Waals surface area (Å²) in [7, 11) is 1.49. The van der Waals surface area contributed by atoms with Crippen LogP contribution < -0.4 is 9.04 Å². The number of anilines is 1. The van der Waals surface area contributed by atoms with Gasteiger partial charge >= 0.3 is 0 Å². The van der Waals surface area contributed by atoms with Crippen molar-refractivity contribution in [2.45, 2.75) is 6.42 Å².